The van der Waals surface area contributed by atoms with E-state index in [1.165, 1.54) is 11.1 Å². The highest BCUT2D eigenvalue weighted by Crippen LogP contribution is 2.33. The lowest BCUT2D eigenvalue weighted by Crippen LogP contribution is -2.14. The first-order valence-corrected chi connectivity index (χ1v) is 9.80. The minimum absolute atomic E-state index is 0.133. The van der Waals surface area contributed by atoms with Gasteiger partial charge in [0.2, 0.25) is 0 Å². The van der Waals surface area contributed by atoms with Crippen LogP contribution in [0.2, 0.25) is 0 Å². The molecule has 4 rings (SSSR count). The van der Waals surface area contributed by atoms with Gasteiger partial charge in [0.15, 0.2) is 5.65 Å². The highest BCUT2D eigenvalue weighted by molar-refractivity contribution is 5.86. The summed E-state index contributed by atoms with van der Waals surface area (Å²) in [6.07, 6.45) is 1.92. The maximum atomic E-state index is 9.86. The highest BCUT2D eigenvalue weighted by atomic mass is 15.1. The molecule has 0 spiro atoms. The summed E-state index contributed by atoms with van der Waals surface area (Å²) in [5.41, 5.74) is 6.76. The Kier molecular flexibility index (Phi) is 4.75. The number of rotatable bonds is 5. The molecule has 0 bridgehead atoms. The van der Waals surface area contributed by atoms with E-state index in [-0.39, 0.29) is 6.04 Å². The summed E-state index contributed by atoms with van der Waals surface area (Å²) in [7, 11) is 0. The van der Waals surface area contributed by atoms with Crippen molar-refractivity contribution in [2.45, 2.75) is 39.7 Å². The van der Waals surface area contributed by atoms with Gasteiger partial charge in [-0.15, -0.1) is 0 Å². The maximum absolute atomic E-state index is 9.86. The van der Waals surface area contributed by atoms with Gasteiger partial charge in [0.1, 0.15) is 11.9 Å². The van der Waals surface area contributed by atoms with E-state index in [9.17, 15) is 5.26 Å². The van der Waals surface area contributed by atoms with Crippen molar-refractivity contribution in [2.75, 3.05) is 5.32 Å². The topological polar surface area (TPSA) is 53.1 Å². The molecule has 0 fully saturated rings. The first-order chi connectivity index (χ1) is 13.7. The van der Waals surface area contributed by atoms with E-state index in [2.05, 4.69) is 60.0 Å². The molecule has 0 amide bonds. The average molecular weight is 368 g/mol. The van der Waals surface area contributed by atoms with Gasteiger partial charge in [0.05, 0.1) is 16.6 Å². The standard InChI is InChI=1S/C24H24N4/c1-4-10-19-16(2)20(15-25)24-27-21-13-8-9-14-22(21)28(24)23(19)26-17(3)18-11-6-5-7-12-18/h5-9,11-14,17,26H,4,10H2,1-3H3. The van der Waals surface area contributed by atoms with E-state index in [1.54, 1.807) is 0 Å². The van der Waals surface area contributed by atoms with Crippen LogP contribution < -0.4 is 5.32 Å². The zero-order chi connectivity index (χ0) is 19.7. The smallest absolute Gasteiger partial charge is 0.157 e. The fourth-order valence-corrected chi connectivity index (χ4v) is 3.92. The Morgan fingerprint density at radius 1 is 1.11 bits per heavy atom. The van der Waals surface area contributed by atoms with Crippen molar-refractivity contribution in [3.63, 3.8) is 0 Å². The molecule has 2 aromatic heterocycles. The Morgan fingerprint density at radius 2 is 1.82 bits per heavy atom. The number of anilines is 1. The fraction of sp³-hybridized carbons (Fsp3) is 0.250. The summed E-state index contributed by atoms with van der Waals surface area (Å²) < 4.78 is 2.13. The van der Waals surface area contributed by atoms with Crippen molar-refractivity contribution in [3.8, 4) is 6.07 Å². The van der Waals surface area contributed by atoms with Crippen LogP contribution in [0.3, 0.4) is 0 Å². The predicted octanol–water partition coefficient (Wildman–Crippen LogP) is 5.79. The Hall–Kier alpha value is -3.32. The first-order valence-electron chi connectivity index (χ1n) is 9.80. The van der Waals surface area contributed by atoms with Crippen LogP contribution in [0, 0.1) is 18.3 Å². The third-order valence-electron chi connectivity index (χ3n) is 5.39. The monoisotopic (exact) mass is 368 g/mol. The van der Waals surface area contributed by atoms with Crippen LogP contribution in [0.25, 0.3) is 16.7 Å². The van der Waals surface area contributed by atoms with Crippen LogP contribution in [-0.2, 0) is 6.42 Å². The van der Waals surface area contributed by atoms with Crippen molar-refractivity contribution in [2.24, 2.45) is 0 Å². The third kappa shape index (κ3) is 2.90. The number of pyridine rings is 1. The number of nitrogens with zero attached hydrogens (tertiary/aromatic N) is 3. The van der Waals surface area contributed by atoms with E-state index in [1.807, 2.05) is 31.2 Å². The van der Waals surface area contributed by atoms with E-state index in [0.717, 1.165) is 40.9 Å². The number of nitriles is 1. The number of nitrogens with one attached hydrogen (secondary N) is 1. The fourth-order valence-electron chi connectivity index (χ4n) is 3.92. The summed E-state index contributed by atoms with van der Waals surface area (Å²) in [5.74, 6) is 1.04. The average Bonchev–Trinajstić information content (AvgIpc) is 3.10. The molecule has 1 unspecified atom stereocenters. The van der Waals surface area contributed by atoms with Gasteiger partial charge in [0, 0.05) is 6.04 Å². The molecule has 0 aliphatic carbocycles. The molecule has 0 saturated carbocycles. The number of para-hydroxylation sites is 2. The number of imidazole rings is 1. The molecule has 0 radical (unpaired) electrons. The number of fused-ring (bicyclic) bond motifs is 3. The molecule has 140 valence electrons. The second kappa shape index (κ2) is 7.36. The molecule has 1 atom stereocenters. The van der Waals surface area contributed by atoms with Crippen LogP contribution in [0.5, 0.6) is 0 Å². The number of aromatic nitrogens is 2. The Labute approximate surface area is 165 Å². The van der Waals surface area contributed by atoms with Crippen LogP contribution >= 0.6 is 0 Å². The minimum atomic E-state index is 0.133. The van der Waals surface area contributed by atoms with Crippen molar-refractivity contribution in [1.29, 1.82) is 5.26 Å². The SMILES string of the molecule is CCCc1c(C)c(C#N)c2nc3ccccc3n2c1NC(C)c1ccccc1. The third-order valence-corrected chi connectivity index (χ3v) is 5.39. The van der Waals surface area contributed by atoms with Gasteiger partial charge in [-0.25, -0.2) is 4.98 Å². The van der Waals surface area contributed by atoms with Crippen LogP contribution in [0.15, 0.2) is 54.6 Å². The zero-order valence-electron chi connectivity index (χ0n) is 16.5. The molecule has 1 N–H and O–H groups in total. The minimum Gasteiger partial charge on any atom is -0.364 e. The molecule has 4 heteroatoms. The highest BCUT2D eigenvalue weighted by Gasteiger charge is 2.21. The lowest BCUT2D eigenvalue weighted by Gasteiger charge is -2.22. The van der Waals surface area contributed by atoms with Gasteiger partial charge in [-0.05, 0) is 49.1 Å². The molecule has 4 nitrogen and oxygen atoms in total. The van der Waals surface area contributed by atoms with Gasteiger partial charge in [0.25, 0.3) is 0 Å². The summed E-state index contributed by atoms with van der Waals surface area (Å²) in [6, 6.07) is 21.0. The van der Waals surface area contributed by atoms with Crippen molar-refractivity contribution >= 4 is 22.5 Å². The summed E-state index contributed by atoms with van der Waals surface area (Å²) in [6.45, 7) is 6.39. The largest absolute Gasteiger partial charge is 0.364 e. The van der Waals surface area contributed by atoms with E-state index in [4.69, 9.17) is 4.98 Å². The molecular formula is C24H24N4. The second-order valence-corrected chi connectivity index (χ2v) is 7.23. The summed E-state index contributed by atoms with van der Waals surface area (Å²) >= 11 is 0. The molecule has 0 saturated heterocycles. The van der Waals surface area contributed by atoms with Crippen LogP contribution in [-0.4, -0.2) is 9.38 Å². The van der Waals surface area contributed by atoms with E-state index >= 15 is 0 Å². The summed E-state index contributed by atoms with van der Waals surface area (Å²) in [5, 5.41) is 13.6. The quantitative estimate of drug-likeness (QED) is 0.485. The molecule has 4 aromatic rings. The molecule has 0 aliphatic rings. The first kappa shape index (κ1) is 18.1. The Bertz CT molecular complexity index is 1180. The lowest BCUT2D eigenvalue weighted by atomic mass is 10.00. The number of benzene rings is 2. The molecular weight excluding hydrogens is 344 g/mol. The second-order valence-electron chi connectivity index (χ2n) is 7.23. The zero-order valence-corrected chi connectivity index (χ0v) is 16.5. The van der Waals surface area contributed by atoms with Crippen molar-refractivity contribution < 1.29 is 0 Å². The van der Waals surface area contributed by atoms with Crippen molar-refractivity contribution in [3.05, 3.63) is 76.9 Å². The van der Waals surface area contributed by atoms with Crippen molar-refractivity contribution in [1.82, 2.24) is 9.38 Å². The molecule has 2 heterocycles. The maximum Gasteiger partial charge on any atom is 0.157 e. The van der Waals surface area contributed by atoms with Gasteiger partial charge in [-0.2, -0.15) is 5.26 Å². The molecule has 28 heavy (non-hydrogen) atoms. The van der Waals surface area contributed by atoms with Gasteiger partial charge in [-0.1, -0.05) is 55.8 Å². The molecule has 0 aliphatic heterocycles. The Morgan fingerprint density at radius 3 is 2.54 bits per heavy atom. The number of hydrogen-bond donors (Lipinski definition) is 1. The van der Waals surface area contributed by atoms with E-state index < -0.39 is 0 Å². The van der Waals surface area contributed by atoms with Gasteiger partial charge < -0.3 is 5.32 Å². The normalized spacial score (nSPS) is 12.2. The summed E-state index contributed by atoms with van der Waals surface area (Å²) in [4.78, 5) is 4.79. The van der Waals surface area contributed by atoms with Crippen LogP contribution in [0.4, 0.5) is 5.82 Å². The Balaban J connectivity index is 2.02. The number of hydrogen-bond acceptors (Lipinski definition) is 3. The van der Waals surface area contributed by atoms with E-state index in [0.29, 0.717) is 5.56 Å². The van der Waals surface area contributed by atoms with Gasteiger partial charge in [-0.3, -0.25) is 4.40 Å². The van der Waals surface area contributed by atoms with Crippen LogP contribution in [0.1, 0.15) is 48.6 Å². The predicted molar refractivity (Wildman–Crippen MR) is 115 cm³/mol. The van der Waals surface area contributed by atoms with Gasteiger partial charge >= 0.3 is 0 Å². The lowest BCUT2D eigenvalue weighted by molar-refractivity contribution is 0.844. The molecule has 2 aromatic carbocycles.